The number of carbonyl (C=O) groups excluding carboxylic acids is 1. The molecule has 0 spiro atoms. The molecule has 0 radical (unpaired) electrons. The van der Waals surface area contributed by atoms with Gasteiger partial charge in [0.05, 0.1) is 0 Å². The number of pyridine rings is 1. The highest BCUT2D eigenvalue weighted by molar-refractivity contribution is 5.94. The third-order valence-electron chi connectivity index (χ3n) is 3.11. The van der Waals surface area contributed by atoms with Crippen LogP contribution < -0.4 is 5.32 Å². The van der Waals surface area contributed by atoms with Crippen LogP contribution in [0.3, 0.4) is 0 Å². The average molecular weight is 265 g/mol. The lowest BCUT2D eigenvalue weighted by molar-refractivity contribution is 0.0944. The second-order valence-corrected chi connectivity index (χ2v) is 4.91. The van der Waals surface area contributed by atoms with Crippen LogP contribution in [-0.4, -0.2) is 47.1 Å². The highest BCUT2D eigenvalue weighted by atomic mass is 16.3. The molecule has 0 fully saturated rings. The van der Waals surface area contributed by atoms with Crippen LogP contribution in [0.15, 0.2) is 18.3 Å². The maximum absolute atomic E-state index is 11.7. The first-order chi connectivity index (χ1) is 9.02. The van der Waals surface area contributed by atoms with E-state index in [1.54, 1.807) is 6.07 Å². The molecule has 1 rings (SSSR count). The fraction of sp³-hybridized carbons (Fsp3) is 0.571. The standard InChI is InChI=1S/C14H23N3O2/c1-11(2)17(3)10-5-4-8-16-14(19)13-12(18)7-6-9-15-13/h6-7,9,11,18H,4-5,8,10H2,1-3H3,(H,16,19). The fourth-order valence-electron chi connectivity index (χ4n) is 1.60. The zero-order valence-corrected chi connectivity index (χ0v) is 11.9. The Morgan fingerprint density at radius 1 is 1.47 bits per heavy atom. The highest BCUT2D eigenvalue weighted by Gasteiger charge is 2.11. The molecule has 0 bridgehead atoms. The van der Waals surface area contributed by atoms with E-state index < -0.39 is 0 Å². The lowest BCUT2D eigenvalue weighted by atomic mass is 10.2. The summed E-state index contributed by atoms with van der Waals surface area (Å²) in [6.45, 7) is 5.93. The summed E-state index contributed by atoms with van der Waals surface area (Å²) in [6, 6.07) is 3.59. The molecule has 1 amide bonds. The van der Waals surface area contributed by atoms with E-state index in [9.17, 15) is 9.90 Å². The van der Waals surface area contributed by atoms with Crippen LogP contribution >= 0.6 is 0 Å². The van der Waals surface area contributed by atoms with Crippen molar-refractivity contribution in [2.75, 3.05) is 20.1 Å². The molecular weight excluding hydrogens is 242 g/mol. The van der Waals surface area contributed by atoms with Crippen LogP contribution in [0.4, 0.5) is 0 Å². The van der Waals surface area contributed by atoms with E-state index in [2.05, 4.69) is 36.1 Å². The fourth-order valence-corrected chi connectivity index (χ4v) is 1.60. The van der Waals surface area contributed by atoms with Gasteiger partial charge in [-0.1, -0.05) is 0 Å². The molecule has 2 N–H and O–H groups in total. The number of aromatic hydroxyl groups is 1. The Hall–Kier alpha value is -1.62. The first-order valence-corrected chi connectivity index (χ1v) is 6.64. The first kappa shape index (κ1) is 15.4. The molecule has 0 saturated heterocycles. The first-order valence-electron chi connectivity index (χ1n) is 6.64. The molecule has 5 heteroatoms. The van der Waals surface area contributed by atoms with Crippen molar-refractivity contribution in [1.82, 2.24) is 15.2 Å². The third-order valence-corrected chi connectivity index (χ3v) is 3.11. The van der Waals surface area contributed by atoms with Gasteiger partial charge >= 0.3 is 0 Å². The molecule has 0 unspecified atom stereocenters. The van der Waals surface area contributed by atoms with Crippen LogP contribution in [0, 0.1) is 0 Å². The summed E-state index contributed by atoms with van der Waals surface area (Å²) in [4.78, 5) is 17.9. The number of hydrogen-bond acceptors (Lipinski definition) is 4. The van der Waals surface area contributed by atoms with Crippen LogP contribution in [0.5, 0.6) is 5.75 Å². The number of hydrogen-bond donors (Lipinski definition) is 2. The SMILES string of the molecule is CC(C)N(C)CCCCNC(=O)c1ncccc1O. The van der Waals surface area contributed by atoms with E-state index in [1.165, 1.54) is 12.3 Å². The number of aromatic nitrogens is 1. The number of nitrogens with zero attached hydrogens (tertiary/aromatic N) is 2. The Morgan fingerprint density at radius 3 is 2.84 bits per heavy atom. The van der Waals surface area contributed by atoms with Crippen LogP contribution in [0.1, 0.15) is 37.2 Å². The number of amides is 1. The van der Waals surface area contributed by atoms with Gasteiger partial charge in [0.15, 0.2) is 5.69 Å². The summed E-state index contributed by atoms with van der Waals surface area (Å²) < 4.78 is 0. The number of rotatable bonds is 7. The molecule has 19 heavy (non-hydrogen) atoms. The molecule has 0 aliphatic heterocycles. The van der Waals surface area contributed by atoms with E-state index in [1.807, 2.05) is 0 Å². The van der Waals surface area contributed by atoms with Gasteiger partial charge in [0.25, 0.3) is 5.91 Å². The predicted octanol–water partition coefficient (Wildman–Crippen LogP) is 1.64. The Kier molecular flexibility index (Phi) is 6.29. The summed E-state index contributed by atoms with van der Waals surface area (Å²) in [7, 11) is 2.09. The van der Waals surface area contributed by atoms with Crippen molar-refractivity contribution in [1.29, 1.82) is 0 Å². The lowest BCUT2D eigenvalue weighted by Crippen LogP contribution is -2.29. The normalized spacial score (nSPS) is 11.0. The number of nitrogens with one attached hydrogen (secondary N) is 1. The van der Waals surface area contributed by atoms with Gasteiger partial charge in [0.2, 0.25) is 0 Å². The maximum atomic E-state index is 11.7. The molecule has 0 saturated carbocycles. The Balaban J connectivity index is 2.23. The smallest absolute Gasteiger partial charge is 0.273 e. The molecule has 1 aromatic rings. The molecule has 0 atom stereocenters. The minimum Gasteiger partial charge on any atom is -0.505 e. The maximum Gasteiger partial charge on any atom is 0.273 e. The summed E-state index contributed by atoms with van der Waals surface area (Å²) in [6.07, 6.45) is 3.44. The molecule has 5 nitrogen and oxygen atoms in total. The van der Waals surface area contributed by atoms with Gasteiger partial charge in [0, 0.05) is 18.8 Å². The molecule has 0 aliphatic carbocycles. The third kappa shape index (κ3) is 5.26. The van der Waals surface area contributed by atoms with Crippen LogP contribution in [0.2, 0.25) is 0 Å². The molecular formula is C14H23N3O2. The molecule has 1 aromatic heterocycles. The minimum atomic E-state index is -0.324. The van der Waals surface area contributed by atoms with Gasteiger partial charge in [-0.25, -0.2) is 4.98 Å². The largest absolute Gasteiger partial charge is 0.505 e. The van der Waals surface area contributed by atoms with Crippen molar-refractivity contribution in [2.24, 2.45) is 0 Å². The molecule has 1 heterocycles. The van der Waals surface area contributed by atoms with Crippen LogP contribution in [-0.2, 0) is 0 Å². The van der Waals surface area contributed by atoms with Gasteiger partial charge in [-0.05, 0) is 52.4 Å². The Bertz CT molecular complexity index is 407. The van der Waals surface area contributed by atoms with E-state index in [4.69, 9.17) is 0 Å². The van der Waals surface area contributed by atoms with Crippen molar-refractivity contribution < 1.29 is 9.90 Å². The summed E-state index contributed by atoms with van der Waals surface area (Å²) in [5.41, 5.74) is 0.0850. The van der Waals surface area contributed by atoms with Gasteiger partial charge in [-0.2, -0.15) is 0 Å². The van der Waals surface area contributed by atoms with Crippen molar-refractivity contribution in [3.8, 4) is 5.75 Å². The minimum absolute atomic E-state index is 0.0838. The monoisotopic (exact) mass is 265 g/mol. The molecule has 0 aliphatic rings. The summed E-state index contributed by atoms with van der Waals surface area (Å²) in [5.74, 6) is -0.408. The lowest BCUT2D eigenvalue weighted by Gasteiger charge is -2.20. The van der Waals surface area contributed by atoms with Gasteiger partial charge in [-0.3, -0.25) is 4.79 Å². The quantitative estimate of drug-likeness (QED) is 0.736. The van der Waals surface area contributed by atoms with Gasteiger partial charge in [0.1, 0.15) is 5.75 Å². The molecule has 106 valence electrons. The zero-order chi connectivity index (χ0) is 14.3. The Morgan fingerprint density at radius 2 is 2.21 bits per heavy atom. The topological polar surface area (TPSA) is 65.5 Å². The van der Waals surface area contributed by atoms with E-state index in [0.717, 1.165) is 19.4 Å². The average Bonchev–Trinajstić information content (AvgIpc) is 2.38. The van der Waals surface area contributed by atoms with E-state index in [-0.39, 0.29) is 17.4 Å². The second-order valence-electron chi connectivity index (χ2n) is 4.91. The molecule has 0 aromatic carbocycles. The van der Waals surface area contributed by atoms with E-state index >= 15 is 0 Å². The second kappa shape index (κ2) is 7.74. The van der Waals surface area contributed by atoms with Crippen molar-refractivity contribution >= 4 is 5.91 Å². The number of unbranched alkanes of at least 4 members (excludes halogenated alkanes) is 1. The summed E-state index contributed by atoms with van der Waals surface area (Å²) >= 11 is 0. The van der Waals surface area contributed by atoms with Gasteiger partial charge in [-0.15, -0.1) is 0 Å². The van der Waals surface area contributed by atoms with Crippen molar-refractivity contribution in [3.05, 3.63) is 24.0 Å². The van der Waals surface area contributed by atoms with Gasteiger partial charge < -0.3 is 15.3 Å². The Labute approximate surface area is 114 Å². The van der Waals surface area contributed by atoms with E-state index in [0.29, 0.717) is 12.6 Å². The number of carbonyl (C=O) groups is 1. The summed E-state index contributed by atoms with van der Waals surface area (Å²) in [5, 5.41) is 12.3. The zero-order valence-electron chi connectivity index (χ0n) is 11.9. The predicted molar refractivity (Wildman–Crippen MR) is 75.2 cm³/mol. The highest BCUT2D eigenvalue weighted by Crippen LogP contribution is 2.11. The van der Waals surface area contributed by atoms with Crippen molar-refractivity contribution in [2.45, 2.75) is 32.7 Å². The van der Waals surface area contributed by atoms with Crippen LogP contribution in [0.25, 0.3) is 0 Å². The van der Waals surface area contributed by atoms with Crippen molar-refractivity contribution in [3.63, 3.8) is 0 Å².